The number of hydrogen-bond donors (Lipinski definition) is 0. The SMILES string of the molecule is CN(C)CCN(C(=O)COc1ccc2ccccc2c1)c1nc2ccc(S(C)(=O)=O)cc2s1. The van der Waals surface area contributed by atoms with Gasteiger partial charge in [0.25, 0.3) is 5.91 Å². The first kappa shape index (κ1) is 23.2. The van der Waals surface area contributed by atoms with Crippen molar-refractivity contribution in [2.75, 3.05) is 44.9 Å². The Balaban J connectivity index is 1.57. The largest absolute Gasteiger partial charge is 0.484 e. The molecule has 0 aliphatic rings. The minimum atomic E-state index is -3.33. The number of fused-ring (bicyclic) bond motifs is 2. The molecule has 0 N–H and O–H groups in total. The van der Waals surface area contributed by atoms with Gasteiger partial charge in [-0.25, -0.2) is 13.4 Å². The number of amides is 1. The summed E-state index contributed by atoms with van der Waals surface area (Å²) < 4.78 is 30.3. The Labute approximate surface area is 197 Å². The van der Waals surface area contributed by atoms with Gasteiger partial charge < -0.3 is 9.64 Å². The van der Waals surface area contributed by atoms with Crippen molar-refractivity contribution < 1.29 is 17.9 Å². The molecule has 1 amide bonds. The molecule has 0 bridgehead atoms. The Kier molecular flexibility index (Phi) is 6.64. The highest BCUT2D eigenvalue weighted by Crippen LogP contribution is 2.31. The number of nitrogens with zero attached hydrogens (tertiary/aromatic N) is 3. The molecule has 0 aliphatic heterocycles. The molecule has 0 saturated heterocycles. The van der Waals surface area contributed by atoms with E-state index in [0.717, 1.165) is 10.8 Å². The van der Waals surface area contributed by atoms with Gasteiger partial charge in [0, 0.05) is 19.3 Å². The number of sulfone groups is 1. The van der Waals surface area contributed by atoms with Crippen LogP contribution < -0.4 is 9.64 Å². The van der Waals surface area contributed by atoms with E-state index in [1.807, 2.05) is 61.5 Å². The molecule has 0 unspecified atom stereocenters. The number of carbonyl (C=O) groups is 1. The zero-order valence-corrected chi connectivity index (χ0v) is 20.3. The number of hydrogen-bond acceptors (Lipinski definition) is 7. The summed E-state index contributed by atoms with van der Waals surface area (Å²) >= 11 is 1.29. The second-order valence-electron chi connectivity index (χ2n) is 8.04. The van der Waals surface area contributed by atoms with Crippen LogP contribution in [0, 0.1) is 0 Å². The van der Waals surface area contributed by atoms with Crippen LogP contribution in [-0.4, -0.2) is 64.3 Å². The number of likely N-dealkylation sites (N-methyl/N-ethyl adjacent to an activating group) is 1. The molecule has 1 aromatic heterocycles. The summed E-state index contributed by atoms with van der Waals surface area (Å²) in [5.74, 6) is 0.407. The number of ether oxygens (including phenoxy) is 1. The standard InChI is InChI=1S/C24H25N3O4S2/c1-26(2)12-13-27(24-25-21-11-10-20(33(3,29)30)15-22(21)32-24)23(28)16-31-19-9-8-17-6-4-5-7-18(17)14-19/h4-11,14-15H,12-13,16H2,1-3H3. The first-order valence-electron chi connectivity index (χ1n) is 10.4. The molecule has 0 fully saturated rings. The van der Waals surface area contributed by atoms with Crippen LogP contribution in [0.4, 0.5) is 5.13 Å². The zero-order chi connectivity index (χ0) is 23.6. The Morgan fingerprint density at radius 2 is 1.76 bits per heavy atom. The van der Waals surface area contributed by atoms with Gasteiger partial charge in [0.2, 0.25) is 0 Å². The van der Waals surface area contributed by atoms with E-state index in [4.69, 9.17) is 4.74 Å². The van der Waals surface area contributed by atoms with Crippen molar-refractivity contribution in [3.63, 3.8) is 0 Å². The number of anilines is 1. The van der Waals surface area contributed by atoms with Gasteiger partial charge in [0.05, 0.1) is 15.1 Å². The van der Waals surface area contributed by atoms with Crippen molar-refractivity contribution >= 4 is 53.2 Å². The normalized spacial score (nSPS) is 11.9. The molecule has 4 rings (SSSR count). The van der Waals surface area contributed by atoms with Crippen molar-refractivity contribution in [3.05, 3.63) is 60.7 Å². The summed E-state index contributed by atoms with van der Waals surface area (Å²) in [7, 11) is 0.545. The fourth-order valence-corrected chi connectivity index (χ4v) is 5.12. The number of aromatic nitrogens is 1. The van der Waals surface area contributed by atoms with Crippen LogP contribution in [0.15, 0.2) is 65.6 Å². The van der Waals surface area contributed by atoms with E-state index in [1.165, 1.54) is 23.7 Å². The van der Waals surface area contributed by atoms with Crippen LogP contribution in [0.5, 0.6) is 5.75 Å². The Morgan fingerprint density at radius 1 is 1.00 bits per heavy atom. The molecule has 33 heavy (non-hydrogen) atoms. The van der Waals surface area contributed by atoms with E-state index in [9.17, 15) is 13.2 Å². The number of carbonyl (C=O) groups excluding carboxylic acids is 1. The molecule has 0 aliphatic carbocycles. The molecule has 0 spiro atoms. The fraction of sp³-hybridized carbons (Fsp3) is 0.250. The van der Waals surface area contributed by atoms with Crippen LogP contribution in [-0.2, 0) is 14.6 Å². The average molecular weight is 484 g/mol. The molecule has 0 atom stereocenters. The predicted octanol–water partition coefficient (Wildman–Crippen LogP) is 3.83. The first-order valence-corrected chi connectivity index (χ1v) is 13.1. The Bertz CT molecular complexity index is 1410. The van der Waals surface area contributed by atoms with Crippen molar-refractivity contribution in [3.8, 4) is 5.75 Å². The summed E-state index contributed by atoms with van der Waals surface area (Å²) in [4.78, 5) is 21.6. The van der Waals surface area contributed by atoms with Gasteiger partial charge in [-0.1, -0.05) is 41.7 Å². The molecule has 4 aromatic rings. The van der Waals surface area contributed by atoms with Gasteiger partial charge in [-0.2, -0.15) is 0 Å². The van der Waals surface area contributed by atoms with Gasteiger partial charge in [0.15, 0.2) is 21.6 Å². The molecular weight excluding hydrogens is 458 g/mol. The molecule has 1 heterocycles. The monoisotopic (exact) mass is 483 g/mol. The maximum atomic E-state index is 13.1. The zero-order valence-electron chi connectivity index (χ0n) is 18.7. The molecule has 3 aromatic carbocycles. The minimum absolute atomic E-state index is 0.129. The lowest BCUT2D eigenvalue weighted by atomic mass is 10.1. The molecule has 7 nitrogen and oxygen atoms in total. The summed E-state index contributed by atoms with van der Waals surface area (Å²) in [5, 5.41) is 2.66. The van der Waals surface area contributed by atoms with Crippen LogP contribution in [0.1, 0.15) is 0 Å². The third-order valence-corrected chi connectivity index (χ3v) is 7.31. The van der Waals surface area contributed by atoms with Crippen LogP contribution in [0.2, 0.25) is 0 Å². The number of rotatable bonds is 8. The van der Waals surface area contributed by atoms with Gasteiger partial charge in [-0.05, 0) is 55.2 Å². The third kappa shape index (κ3) is 5.50. The van der Waals surface area contributed by atoms with E-state index in [1.54, 1.807) is 17.0 Å². The molecule has 0 radical (unpaired) electrons. The van der Waals surface area contributed by atoms with Crippen molar-refractivity contribution in [1.29, 1.82) is 0 Å². The van der Waals surface area contributed by atoms with Gasteiger partial charge >= 0.3 is 0 Å². The second-order valence-corrected chi connectivity index (χ2v) is 11.1. The lowest BCUT2D eigenvalue weighted by molar-refractivity contribution is -0.120. The summed E-state index contributed by atoms with van der Waals surface area (Å²) in [6.07, 6.45) is 1.17. The maximum absolute atomic E-state index is 13.1. The lowest BCUT2D eigenvalue weighted by Crippen LogP contribution is -2.39. The highest BCUT2D eigenvalue weighted by atomic mass is 32.2. The van der Waals surface area contributed by atoms with Crippen LogP contribution in [0.25, 0.3) is 21.0 Å². The van der Waals surface area contributed by atoms with E-state index >= 15 is 0 Å². The van der Waals surface area contributed by atoms with Gasteiger partial charge in [-0.15, -0.1) is 0 Å². The number of thiazole rings is 1. The third-order valence-electron chi connectivity index (χ3n) is 5.16. The second kappa shape index (κ2) is 9.46. The maximum Gasteiger partial charge on any atom is 0.266 e. The van der Waals surface area contributed by atoms with E-state index in [2.05, 4.69) is 4.98 Å². The lowest BCUT2D eigenvalue weighted by Gasteiger charge is -2.22. The molecular formula is C24H25N3O4S2. The summed E-state index contributed by atoms with van der Waals surface area (Å²) in [5.41, 5.74) is 0.653. The molecule has 172 valence electrons. The summed E-state index contributed by atoms with van der Waals surface area (Å²) in [6.45, 7) is 0.953. The van der Waals surface area contributed by atoms with Crippen LogP contribution >= 0.6 is 11.3 Å². The van der Waals surface area contributed by atoms with Crippen molar-refractivity contribution in [2.24, 2.45) is 0 Å². The van der Waals surface area contributed by atoms with Gasteiger partial charge in [0.1, 0.15) is 5.75 Å². The smallest absolute Gasteiger partial charge is 0.266 e. The minimum Gasteiger partial charge on any atom is -0.484 e. The molecule has 9 heteroatoms. The Morgan fingerprint density at radius 3 is 2.48 bits per heavy atom. The summed E-state index contributed by atoms with van der Waals surface area (Å²) in [6, 6.07) is 18.5. The van der Waals surface area contributed by atoms with E-state index in [-0.39, 0.29) is 17.4 Å². The average Bonchev–Trinajstić information content (AvgIpc) is 3.20. The highest BCUT2D eigenvalue weighted by molar-refractivity contribution is 7.90. The van der Waals surface area contributed by atoms with Crippen LogP contribution in [0.3, 0.4) is 0 Å². The Hall–Kier alpha value is -3.01. The van der Waals surface area contributed by atoms with Crippen molar-refractivity contribution in [1.82, 2.24) is 9.88 Å². The predicted molar refractivity (Wildman–Crippen MR) is 133 cm³/mol. The number of benzene rings is 3. The first-order chi connectivity index (χ1) is 15.7. The molecule has 0 saturated carbocycles. The van der Waals surface area contributed by atoms with Crippen molar-refractivity contribution in [2.45, 2.75) is 4.90 Å². The van der Waals surface area contributed by atoms with E-state index < -0.39 is 9.84 Å². The quantitative estimate of drug-likeness (QED) is 0.379. The highest BCUT2D eigenvalue weighted by Gasteiger charge is 2.21. The van der Waals surface area contributed by atoms with Gasteiger partial charge in [-0.3, -0.25) is 9.69 Å². The van der Waals surface area contributed by atoms with E-state index in [0.29, 0.717) is 34.2 Å². The topological polar surface area (TPSA) is 79.8 Å². The fourth-order valence-electron chi connectivity index (χ4n) is 3.35.